The van der Waals surface area contributed by atoms with E-state index in [1.54, 1.807) is 12.1 Å². The molecular weight excluding hydrogens is 322 g/mol. The fraction of sp³-hybridized carbons (Fsp3) is 0.222. The van der Waals surface area contributed by atoms with Crippen LogP contribution in [0.3, 0.4) is 0 Å². The van der Waals surface area contributed by atoms with Crippen molar-refractivity contribution in [3.63, 3.8) is 0 Å². The molecule has 0 aliphatic carbocycles. The van der Waals surface area contributed by atoms with E-state index < -0.39 is 18.0 Å². The fourth-order valence-corrected chi connectivity index (χ4v) is 2.61. The van der Waals surface area contributed by atoms with Gasteiger partial charge in [0.1, 0.15) is 18.8 Å². The molecule has 1 heterocycles. The van der Waals surface area contributed by atoms with Gasteiger partial charge in [0, 0.05) is 6.54 Å². The van der Waals surface area contributed by atoms with Crippen LogP contribution in [0.2, 0.25) is 0 Å². The van der Waals surface area contributed by atoms with Crippen LogP contribution < -0.4 is 25.8 Å². The molecule has 7 nitrogen and oxygen atoms in total. The molecule has 0 unspecified atom stereocenters. The molecule has 3 rings (SSSR count). The van der Waals surface area contributed by atoms with E-state index in [0.717, 1.165) is 5.56 Å². The van der Waals surface area contributed by atoms with Crippen LogP contribution in [0.1, 0.15) is 11.6 Å². The number of benzene rings is 2. The number of hydrogen-bond acceptors (Lipinski definition) is 5. The Morgan fingerprint density at radius 1 is 1.08 bits per heavy atom. The number of ether oxygens (including phenoxy) is 2. The highest BCUT2D eigenvalue weighted by Gasteiger charge is 2.25. The maximum absolute atomic E-state index is 12.3. The molecule has 25 heavy (non-hydrogen) atoms. The number of carbonyl (C=O) groups is 2. The highest BCUT2D eigenvalue weighted by atomic mass is 16.6. The van der Waals surface area contributed by atoms with Gasteiger partial charge in [-0.2, -0.15) is 0 Å². The third kappa shape index (κ3) is 4.27. The second-order valence-corrected chi connectivity index (χ2v) is 5.60. The maximum atomic E-state index is 12.3. The maximum Gasteiger partial charge on any atom is 0.318 e. The lowest BCUT2D eigenvalue weighted by Crippen LogP contribution is -2.46. The third-order valence-corrected chi connectivity index (χ3v) is 3.76. The van der Waals surface area contributed by atoms with Crippen LogP contribution in [0.5, 0.6) is 11.5 Å². The van der Waals surface area contributed by atoms with Gasteiger partial charge < -0.3 is 15.2 Å². The van der Waals surface area contributed by atoms with E-state index in [2.05, 4.69) is 10.6 Å². The van der Waals surface area contributed by atoms with Crippen LogP contribution in [-0.2, 0) is 4.79 Å². The first kappa shape index (κ1) is 16.8. The molecule has 4 N–H and O–H groups in total. The molecule has 0 fully saturated rings. The number of nitrogens with two attached hydrogens (primary N) is 1. The molecule has 0 aromatic heterocycles. The summed E-state index contributed by atoms with van der Waals surface area (Å²) in [4.78, 5) is 23.3. The van der Waals surface area contributed by atoms with E-state index in [4.69, 9.17) is 15.2 Å². The lowest BCUT2D eigenvalue weighted by molar-refractivity contribution is -0.122. The minimum absolute atomic E-state index is 0.262. The Morgan fingerprint density at radius 3 is 2.48 bits per heavy atom. The molecule has 1 aliphatic rings. The van der Waals surface area contributed by atoms with Crippen molar-refractivity contribution < 1.29 is 19.1 Å². The zero-order chi connectivity index (χ0) is 17.6. The van der Waals surface area contributed by atoms with Crippen molar-refractivity contribution in [1.29, 1.82) is 0 Å². The Hall–Kier alpha value is -3.06. The van der Waals surface area contributed by atoms with E-state index in [-0.39, 0.29) is 6.10 Å². The van der Waals surface area contributed by atoms with Crippen molar-refractivity contribution >= 4 is 11.9 Å². The molecule has 2 aromatic rings. The molecule has 3 amide bonds. The average Bonchev–Trinajstić information content (AvgIpc) is 2.62. The van der Waals surface area contributed by atoms with Gasteiger partial charge in [0.15, 0.2) is 11.5 Å². The fourth-order valence-electron chi connectivity index (χ4n) is 2.61. The van der Waals surface area contributed by atoms with Crippen LogP contribution >= 0.6 is 0 Å². The average molecular weight is 341 g/mol. The summed E-state index contributed by atoms with van der Waals surface area (Å²) in [6.45, 7) is 0.725. The number of urea groups is 1. The van der Waals surface area contributed by atoms with Gasteiger partial charge in [0.2, 0.25) is 5.91 Å². The van der Waals surface area contributed by atoms with Crippen molar-refractivity contribution in [2.75, 3.05) is 13.2 Å². The second kappa shape index (κ2) is 7.67. The molecule has 7 heteroatoms. The standard InChI is InChI=1S/C18H19N3O4/c19-18(23)21-17(22)16(12-6-2-1-3-7-12)20-10-13-11-24-14-8-4-5-9-15(14)25-13/h1-9,13,16,20H,10-11H2,(H3,19,21,22,23)/t13-,16-/m1/s1. The summed E-state index contributed by atoms with van der Waals surface area (Å²) in [5, 5.41) is 5.23. The van der Waals surface area contributed by atoms with Gasteiger partial charge in [-0.1, -0.05) is 42.5 Å². The number of primary amides is 1. The first-order valence-corrected chi connectivity index (χ1v) is 7.90. The van der Waals surface area contributed by atoms with E-state index in [0.29, 0.717) is 24.7 Å². The van der Waals surface area contributed by atoms with E-state index >= 15 is 0 Å². The van der Waals surface area contributed by atoms with Crippen LogP contribution in [-0.4, -0.2) is 31.2 Å². The third-order valence-electron chi connectivity index (χ3n) is 3.76. The smallest absolute Gasteiger partial charge is 0.318 e. The minimum atomic E-state index is -0.890. The summed E-state index contributed by atoms with van der Waals surface area (Å²) in [7, 11) is 0. The summed E-state index contributed by atoms with van der Waals surface area (Å²) in [5.41, 5.74) is 5.78. The van der Waals surface area contributed by atoms with Gasteiger partial charge in [0.25, 0.3) is 0 Å². The first-order valence-electron chi connectivity index (χ1n) is 7.90. The van der Waals surface area contributed by atoms with Crippen LogP contribution in [0.15, 0.2) is 54.6 Å². The Kier molecular flexibility index (Phi) is 5.15. The molecule has 1 aliphatic heterocycles. The van der Waals surface area contributed by atoms with Gasteiger partial charge in [-0.3, -0.25) is 15.4 Å². The van der Waals surface area contributed by atoms with Gasteiger partial charge >= 0.3 is 6.03 Å². The largest absolute Gasteiger partial charge is 0.486 e. The van der Waals surface area contributed by atoms with Crippen molar-refractivity contribution in [3.8, 4) is 11.5 Å². The quantitative estimate of drug-likeness (QED) is 0.762. The monoisotopic (exact) mass is 341 g/mol. The summed E-state index contributed by atoms with van der Waals surface area (Å²) in [5.74, 6) is 0.846. The predicted molar refractivity (Wildman–Crippen MR) is 91.3 cm³/mol. The number of para-hydroxylation sites is 2. The van der Waals surface area contributed by atoms with Crippen molar-refractivity contribution in [2.24, 2.45) is 5.73 Å². The summed E-state index contributed by atoms with van der Waals surface area (Å²) >= 11 is 0. The number of fused-ring (bicyclic) bond motifs is 1. The number of nitrogens with one attached hydrogen (secondary N) is 2. The number of imide groups is 1. The van der Waals surface area contributed by atoms with Crippen LogP contribution in [0.25, 0.3) is 0 Å². The zero-order valence-corrected chi connectivity index (χ0v) is 13.5. The van der Waals surface area contributed by atoms with Crippen molar-refractivity contribution in [3.05, 3.63) is 60.2 Å². The molecule has 2 atom stereocenters. The SMILES string of the molecule is NC(=O)NC(=O)[C@H](NC[C@@H]1COc2ccccc2O1)c1ccccc1. The lowest BCUT2D eigenvalue weighted by atomic mass is 10.1. The van der Waals surface area contributed by atoms with Crippen LogP contribution in [0.4, 0.5) is 4.79 Å². The van der Waals surface area contributed by atoms with E-state index in [1.807, 2.05) is 42.5 Å². The molecule has 0 bridgehead atoms. The molecule has 2 aromatic carbocycles. The Morgan fingerprint density at radius 2 is 1.76 bits per heavy atom. The van der Waals surface area contributed by atoms with Gasteiger partial charge in [0.05, 0.1) is 0 Å². The lowest BCUT2D eigenvalue weighted by Gasteiger charge is -2.28. The first-order chi connectivity index (χ1) is 12.1. The molecule has 130 valence electrons. The molecule has 0 saturated heterocycles. The number of hydrogen-bond donors (Lipinski definition) is 3. The van der Waals surface area contributed by atoms with Crippen molar-refractivity contribution in [1.82, 2.24) is 10.6 Å². The number of rotatable bonds is 5. The van der Waals surface area contributed by atoms with Crippen molar-refractivity contribution in [2.45, 2.75) is 12.1 Å². The summed E-state index contributed by atoms with van der Waals surface area (Å²) in [6.07, 6.45) is -0.262. The molecular formula is C18H19N3O4. The molecule has 0 spiro atoms. The summed E-state index contributed by atoms with van der Waals surface area (Å²) < 4.78 is 11.5. The topological polar surface area (TPSA) is 103 Å². The predicted octanol–water partition coefficient (Wildman–Crippen LogP) is 1.35. The highest BCUT2D eigenvalue weighted by Crippen LogP contribution is 2.30. The van der Waals surface area contributed by atoms with Gasteiger partial charge in [-0.05, 0) is 17.7 Å². The van der Waals surface area contributed by atoms with E-state index in [1.165, 1.54) is 0 Å². The summed E-state index contributed by atoms with van der Waals surface area (Å²) in [6, 6.07) is 14.9. The minimum Gasteiger partial charge on any atom is -0.486 e. The Balaban J connectivity index is 1.67. The number of carbonyl (C=O) groups excluding carboxylic acids is 2. The Labute approximate surface area is 145 Å². The molecule has 0 radical (unpaired) electrons. The van der Waals surface area contributed by atoms with E-state index in [9.17, 15) is 9.59 Å². The second-order valence-electron chi connectivity index (χ2n) is 5.60. The normalized spacial score (nSPS) is 16.7. The zero-order valence-electron chi connectivity index (χ0n) is 13.5. The highest BCUT2D eigenvalue weighted by molar-refractivity contribution is 5.96. The van der Waals surface area contributed by atoms with Gasteiger partial charge in [-0.25, -0.2) is 4.79 Å². The Bertz CT molecular complexity index is 751. The van der Waals surface area contributed by atoms with Crippen LogP contribution in [0, 0.1) is 0 Å². The van der Waals surface area contributed by atoms with Gasteiger partial charge in [-0.15, -0.1) is 0 Å². The number of amides is 3. The molecule has 0 saturated carbocycles.